The normalized spacial score (nSPS) is 14.3. The van der Waals surface area contributed by atoms with Crippen LogP contribution in [0.1, 0.15) is 44.6 Å². The number of carbonyl (C=O) groups is 1. The van der Waals surface area contributed by atoms with Gasteiger partial charge in [-0.3, -0.25) is 9.78 Å². The molecule has 0 saturated heterocycles. The van der Waals surface area contributed by atoms with E-state index in [9.17, 15) is 4.79 Å². The Morgan fingerprint density at radius 2 is 1.83 bits per heavy atom. The van der Waals surface area contributed by atoms with Gasteiger partial charge in [0, 0.05) is 36.0 Å². The van der Waals surface area contributed by atoms with Gasteiger partial charge < -0.3 is 9.72 Å². The van der Waals surface area contributed by atoms with E-state index in [4.69, 9.17) is 4.74 Å². The van der Waals surface area contributed by atoms with Gasteiger partial charge in [-0.25, -0.2) is 9.97 Å². The van der Waals surface area contributed by atoms with Crippen LogP contribution >= 0.6 is 0 Å². The first-order chi connectivity index (χ1) is 17.1. The van der Waals surface area contributed by atoms with Crippen molar-refractivity contribution in [2.75, 3.05) is 6.61 Å². The van der Waals surface area contributed by atoms with Gasteiger partial charge in [-0.1, -0.05) is 49.7 Å². The Morgan fingerprint density at radius 3 is 2.49 bits per heavy atom. The molecule has 0 aliphatic heterocycles. The zero-order valence-electron chi connectivity index (χ0n) is 20.3. The number of Topliss-reactive ketones (excluding diaryl/α,β-unsaturated/α-hetero) is 1. The van der Waals surface area contributed by atoms with Crippen LogP contribution in [0.15, 0.2) is 67.1 Å². The number of nitrogens with one attached hydrogen (secondary N) is 1. The molecule has 35 heavy (non-hydrogen) atoms. The molecule has 0 radical (unpaired) electrons. The quantitative estimate of drug-likeness (QED) is 0.307. The minimum atomic E-state index is -0.309. The Morgan fingerprint density at radius 1 is 1.00 bits per heavy atom. The minimum Gasteiger partial charge on any atom is -0.477 e. The van der Waals surface area contributed by atoms with Crippen LogP contribution in [0.3, 0.4) is 0 Å². The molecule has 1 N–H and O–H groups in total. The number of rotatable bonds is 9. The topological polar surface area (TPSA) is 80.8 Å². The molecule has 1 saturated carbocycles. The highest BCUT2D eigenvalue weighted by Gasteiger charge is 2.44. The molecule has 1 aromatic carbocycles. The Kier molecular flexibility index (Phi) is 6.45. The van der Waals surface area contributed by atoms with Crippen LogP contribution in [0.4, 0.5) is 0 Å². The summed E-state index contributed by atoms with van der Waals surface area (Å²) in [4.78, 5) is 29.6. The summed E-state index contributed by atoms with van der Waals surface area (Å²) in [6, 6.07) is 16.0. The molecule has 0 spiro atoms. The van der Waals surface area contributed by atoms with Gasteiger partial charge in [0.15, 0.2) is 5.82 Å². The summed E-state index contributed by atoms with van der Waals surface area (Å²) in [5.74, 6) is 1.63. The summed E-state index contributed by atoms with van der Waals surface area (Å²) >= 11 is 0. The van der Waals surface area contributed by atoms with Crippen molar-refractivity contribution in [3.63, 3.8) is 0 Å². The van der Waals surface area contributed by atoms with Crippen LogP contribution in [0.25, 0.3) is 33.9 Å². The van der Waals surface area contributed by atoms with E-state index in [1.165, 1.54) is 0 Å². The van der Waals surface area contributed by atoms with Gasteiger partial charge in [0.1, 0.15) is 18.1 Å². The highest BCUT2D eigenvalue weighted by atomic mass is 16.5. The second kappa shape index (κ2) is 9.82. The number of ketones is 1. The Bertz CT molecular complexity index is 1310. The van der Waals surface area contributed by atoms with Crippen molar-refractivity contribution >= 4 is 5.78 Å². The molecular formula is C29H30N4O2. The molecule has 0 unspecified atom stereocenters. The number of carbonyl (C=O) groups excluding carboxylic acids is 1. The second-order valence-corrected chi connectivity index (χ2v) is 9.38. The zero-order chi connectivity index (χ0) is 24.3. The first-order valence-corrected chi connectivity index (χ1v) is 12.3. The molecule has 1 fully saturated rings. The fourth-order valence-electron chi connectivity index (χ4n) is 4.63. The summed E-state index contributed by atoms with van der Waals surface area (Å²) in [5, 5.41) is 0. The third-order valence-corrected chi connectivity index (χ3v) is 6.94. The number of hydrogen-bond donors (Lipinski definition) is 1. The first-order valence-electron chi connectivity index (χ1n) is 12.3. The summed E-state index contributed by atoms with van der Waals surface area (Å²) in [5.41, 5.74) is 5.55. The molecular weight excluding hydrogens is 436 g/mol. The van der Waals surface area contributed by atoms with Crippen LogP contribution in [0, 0.1) is 12.3 Å². The molecule has 5 rings (SSSR count). The van der Waals surface area contributed by atoms with Gasteiger partial charge in [-0.15, -0.1) is 0 Å². The van der Waals surface area contributed by atoms with Crippen LogP contribution in [0.2, 0.25) is 0 Å². The number of pyridine rings is 2. The van der Waals surface area contributed by atoms with Crippen molar-refractivity contribution in [2.45, 2.75) is 46.0 Å². The Labute approximate surface area is 205 Å². The van der Waals surface area contributed by atoms with E-state index in [0.717, 1.165) is 65.1 Å². The SMILES string of the molecule is CCCC(=O)C1(COc2cc(C)c(-c3ccc(-c4ncc(-c5ccccc5)[nH]4)nc3)cn2)CCC1. The van der Waals surface area contributed by atoms with Crippen LogP contribution in [-0.4, -0.2) is 32.3 Å². The number of H-pyrrole nitrogens is 1. The van der Waals surface area contributed by atoms with E-state index < -0.39 is 0 Å². The molecule has 0 bridgehead atoms. The van der Waals surface area contributed by atoms with E-state index in [1.807, 2.05) is 81.0 Å². The smallest absolute Gasteiger partial charge is 0.213 e. The van der Waals surface area contributed by atoms with Crippen molar-refractivity contribution in [1.82, 2.24) is 19.9 Å². The van der Waals surface area contributed by atoms with E-state index >= 15 is 0 Å². The van der Waals surface area contributed by atoms with Gasteiger partial charge in [0.2, 0.25) is 5.88 Å². The Balaban J connectivity index is 1.28. The lowest BCUT2D eigenvalue weighted by Crippen LogP contribution is -2.43. The second-order valence-electron chi connectivity index (χ2n) is 9.38. The van der Waals surface area contributed by atoms with Crippen LogP contribution < -0.4 is 4.74 Å². The number of nitrogens with zero attached hydrogens (tertiary/aromatic N) is 3. The maximum Gasteiger partial charge on any atom is 0.213 e. The van der Waals surface area contributed by atoms with Crippen molar-refractivity contribution in [1.29, 1.82) is 0 Å². The maximum atomic E-state index is 12.6. The molecule has 6 heteroatoms. The predicted octanol–water partition coefficient (Wildman–Crippen LogP) is 6.43. The van der Waals surface area contributed by atoms with E-state index in [0.29, 0.717) is 24.7 Å². The highest BCUT2D eigenvalue weighted by Crippen LogP contribution is 2.43. The number of aromatic amines is 1. The first kappa shape index (κ1) is 23.0. The maximum absolute atomic E-state index is 12.6. The third kappa shape index (κ3) is 4.74. The molecule has 4 aromatic rings. The summed E-state index contributed by atoms with van der Waals surface area (Å²) in [7, 11) is 0. The zero-order valence-corrected chi connectivity index (χ0v) is 20.3. The number of ether oxygens (including phenoxy) is 1. The van der Waals surface area contributed by atoms with Crippen molar-refractivity contribution in [3.05, 3.63) is 72.7 Å². The minimum absolute atomic E-state index is 0.309. The number of benzene rings is 1. The molecule has 1 aliphatic carbocycles. The third-order valence-electron chi connectivity index (χ3n) is 6.94. The molecule has 178 valence electrons. The van der Waals surface area contributed by atoms with E-state index in [2.05, 4.69) is 19.9 Å². The number of imidazole rings is 1. The summed E-state index contributed by atoms with van der Waals surface area (Å²) < 4.78 is 6.01. The number of hydrogen-bond acceptors (Lipinski definition) is 5. The van der Waals surface area contributed by atoms with Gasteiger partial charge in [-0.2, -0.15) is 0 Å². The van der Waals surface area contributed by atoms with Crippen LogP contribution in [-0.2, 0) is 4.79 Å². The summed E-state index contributed by atoms with van der Waals surface area (Å²) in [6.45, 7) is 4.51. The lowest BCUT2D eigenvalue weighted by Gasteiger charge is -2.39. The molecule has 3 aromatic heterocycles. The van der Waals surface area contributed by atoms with Crippen molar-refractivity contribution < 1.29 is 9.53 Å². The lowest BCUT2D eigenvalue weighted by atomic mass is 9.65. The molecule has 1 aliphatic rings. The highest BCUT2D eigenvalue weighted by molar-refractivity contribution is 5.85. The van der Waals surface area contributed by atoms with Gasteiger partial charge in [0.05, 0.1) is 17.3 Å². The monoisotopic (exact) mass is 466 g/mol. The summed E-state index contributed by atoms with van der Waals surface area (Å²) in [6.07, 6.45) is 9.94. The van der Waals surface area contributed by atoms with Crippen molar-refractivity contribution in [3.8, 4) is 39.8 Å². The van der Waals surface area contributed by atoms with Crippen LogP contribution in [0.5, 0.6) is 5.88 Å². The van der Waals surface area contributed by atoms with E-state index in [-0.39, 0.29) is 5.41 Å². The fraction of sp³-hybridized carbons (Fsp3) is 0.310. The van der Waals surface area contributed by atoms with E-state index in [1.54, 1.807) is 0 Å². The number of aryl methyl sites for hydroxylation is 1. The lowest BCUT2D eigenvalue weighted by molar-refractivity contribution is -0.136. The largest absolute Gasteiger partial charge is 0.477 e. The van der Waals surface area contributed by atoms with Crippen molar-refractivity contribution in [2.24, 2.45) is 5.41 Å². The van der Waals surface area contributed by atoms with Gasteiger partial charge >= 0.3 is 0 Å². The molecule has 0 atom stereocenters. The average molecular weight is 467 g/mol. The molecule has 0 amide bonds. The number of aromatic nitrogens is 4. The average Bonchev–Trinajstić information content (AvgIpc) is 3.35. The molecule has 6 nitrogen and oxygen atoms in total. The molecule has 3 heterocycles. The predicted molar refractivity (Wildman–Crippen MR) is 137 cm³/mol. The fourth-order valence-corrected chi connectivity index (χ4v) is 4.63. The standard InChI is InChI=1S/C29H30N4O2/c1-3-8-26(34)29(13-7-14-29)19-35-27-15-20(2)23(17-31-27)22-11-12-24(30-16-22)28-32-18-25(33-28)21-9-5-4-6-10-21/h4-6,9-12,15-18H,3,7-8,13-14,19H2,1-2H3,(H,32,33). The van der Waals surface area contributed by atoms with Gasteiger partial charge in [-0.05, 0) is 43.4 Å². The van der Waals surface area contributed by atoms with Gasteiger partial charge in [0.25, 0.3) is 0 Å². The Hall–Kier alpha value is -3.80.